The number of nitrogens with zero attached hydrogens (tertiary/aromatic N) is 2. The fraction of sp³-hybridized carbons (Fsp3) is 0.429. The second kappa shape index (κ2) is 9.28. The lowest BCUT2D eigenvalue weighted by molar-refractivity contribution is -0.153. The van der Waals surface area contributed by atoms with Crippen LogP contribution in [0.25, 0.3) is 0 Å². The number of amides is 3. The molecule has 1 aromatic rings. The minimum Gasteiger partial charge on any atom is -0.467 e. The predicted octanol–water partition coefficient (Wildman–Crippen LogP) is -0.783. The Morgan fingerprint density at radius 2 is 2.19 bits per heavy atom. The number of hydrogen-bond donors (Lipinski definition) is 3. The highest BCUT2D eigenvalue weighted by atomic mass is 35.5. The minimum atomic E-state index is -1.11. The number of thiazole rings is 1. The van der Waals surface area contributed by atoms with Gasteiger partial charge in [-0.1, -0.05) is 5.16 Å². The number of esters is 1. The van der Waals surface area contributed by atoms with E-state index in [1.54, 1.807) is 6.92 Å². The molecule has 0 bridgehead atoms. The van der Waals surface area contributed by atoms with E-state index in [0.717, 1.165) is 11.3 Å². The zero-order valence-electron chi connectivity index (χ0n) is 14.3. The number of oxime groups is 1. The van der Waals surface area contributed by atoms with Crippen molar-refractivity contribution in [3.8, 4) is 0 Å². The van der Waals surface area contributed by atoms with Crippen LogP contribution in [0.4, 0.5) is 5.13 Å². The zero-order chi connectivity index (χ0) is 20.0. The number of alkyl halides is 1. The molecule has 1 aromatic heterocycles. The lowest BCUT2D eigenvalue weighted by Crippen LogP contribution is -2.72. The molecule has 11 nitrogen and oxygen atoms in total. The molecule has 2 atom stereocenters. The molecule has 2 rings (SSSR count). The Morgan fingerprint density at radius 3 is 2.78 bits per heavy atom. The third-order valence-electron chi connectivity index (χ3n) is 3.27. The number of rotatable bonds is 8. The zero-order valence-corrected chi connectivity index (χ0v) is 15.8. The second-order valence-corrected chi connectivity index (χ2v) is 6.16. The van der Waals surface area contributed by atoms with Crippen LogP contribution in [0.2, 0.25) is 0 Å². The first-order chi connectivity index (χ1) is 12.9. The number of aromatic nitrogens is 1. The standard InChI is InChI=1S/C14H16ClN5O6S/c1-3-26-20-8(6-5-27-14(16-6)17-7(21)4-15)11(22)18-9-10(13(24)25-2)19-12(9)23/h5,9-10H,3-4H2,1-2H3,(H,18,22)(H,19,23)(H,16,17,21). The number of halogens is 1. The molecule has 146 valence electrons. The van der Waals surface area contributed by atoms with Crippen LogP contribution >= 0.6 is 22.9 Å². The summed E-state index contributed by atoms with van der Waals surface area (Å²) in [5.74, 6) is -2.72. The van der Waals surface area contributed by atoms with Crippen LogP contribution in [0.5, 0.6) is 0 Å². The van der Waals surface area contributed by atoms with Crippen LogP contribution in [0.3, 0.4) is 0 Å². The van der Waals surface area contributed by atoms with E-state index >= 15 is 0 Å². The predicted molar refractivity (Wildman–Crippen MR) is 95.5 cm³/mol. The molecule has 2 heterocycles. The van der Waals surface area contributed by atoms with Crippen LogP contribution < -0.4 is 16.0 Å². The molecular weight excluding hydrogens is 402 g/mol. The lowest BCUT2D eigenvalue weighted by Gasteiger charge is -2.34. The first kappa shape index (κ1) is 20.6. The van der Waals surface area contributed by atoms with E-state index in [1.165, 1.54) is 12.5 Å². The van der Waals surface area contributed by atoms with Crippen molar-refractivity contribution in [3.05, 3.63) is 11.1 Å². The normalized spacial score (nSPS) is 18.8. The van der Waals surface area contributed by atoms with E-state index in [9.17, 15) is 19.2 Å². The molecule has 0 aliphatic carbocycles. The molecule has 1 aliphatic rings. The number of carbonyl (C=O) groups excluding carboxylic acids is 4. The maximum absolute atomic E-state index is 12.5. The van der Waals surface area contributed by atoms with Crippen molar-refractivity contribution < 1.29 is 28.8 Å². The summed E-state index contributed by atoms with van der Waals surface area (Å²) in [6.07, 6.45) is 0. The van der Waals surface area contributed by atoms with Gasteiger partial charge in [0.05, 0.1) is 7.11 Å². The van der Waals surface area contributed by atoms with Gasteiger partial charge < -0.3 is 25.5 Å². The van der Waals surface area contributed by atoms with Gasteiger partial charge in [-0.25, -0.2) is 9.78 Å². The number of hydrogen-bond acceptors (Lipinski definition) is 9. The third-order valence-corrected chi connectivity index (χ3v) is 4.27. The molecule has 2 unspecified atom stereocenters. The highest BCUT2D eigenvalue weighted by Crippen LogP contribution is 2.17. The molecule has 0 spiro atoms. The van der Waals surface area contributed by atoms with E-state index in [-0.39, 0.29) is 29.0 Å². The number of ether oxygens (including phenoxy) is 1. The Hall–Kier alpha value is -2.73. The van der Waals surface area contributed by atoms with Gasteiger partial charge in [0, 0.05) is 5.38 Å². The van der Waals surface area contributed by atoms with Gasteiger partial charge in [0.1, 0.15) is 24.2 Å². The third kappa shape index (κ3) is 4.92. The molecule has 27 heavy (non-hydrogen) atoms. The van der Waals surface area contributed by atoms with E-state index < -0.39 is 35.8 Å². The van der Waals surface area contributed by atoms with Gasteiger partial charge in [0.2, 0.25) is 11.8 Å². The van der Waals surface area contributed by atoms with E-state index in [2.05, 4.69) is 30.8 Å². The molecule has 1 fully saturated rings. The quantitative estimate of drug-likeness (QED) is 0.165. The Bertz CT molecular complexity index is 782. The van der Waals surface area contributed by atoms with Gasteiger partial charge >= 0.3 is 5.97 Å². The van der Waals surface area contributed by atoms with Gasteiger partial charge in [-0.05, 0) is 6.92 Å². The van der Waals surface area contributed by atoms with E-state index in [1.807, 2.05) is 0 Å². The van der Waals surface area contributed by atoms with Crippen LogP contribution in [0.15, 0.2) is 10.5 Å². The van der Waals surface area contributed by atoms with E-state index in [0.29, 0.717) is 0 Å². The highest BCUT2D eigenvalue weighted by molar-refractivity contribution is 7.14. The van der Waals surface area contributed by atoms with Crippen molar-refractivity contribution in [1.82, 2.24) is 15.6 Å². The van der Waals surface area contributed by atoms with Crippen molar-refractivity contribution in [1.29, 1.82) is 0 Å². The van der Waals surface area contributed by atoms with Crippen molar-refractivity contribution in [3.63, 3.8) is 0 Å². The van der Waals surface area contributed by atoms with Crippen LogP contribution in [-0.2, 0) is 28.8 Å². The fourth-order valence-corrected chi connectivity index (χ4v) is 2.77. The molecule has 13 heteroatoms. The Balaban J connectivity index is 2.16. The van der Waals surface area contributed by atoms with E-state index in [4.69, 9.17) is 16.4 Å². The monoisotopic (exact) mass is 417 g/mol. The lowest BCUT2D eigenvalue weighted by atomic mass is 9.99. The number of anilines is 1. The molecule has 1 aliphatic heterocycles. The Kier molecular flexibility index (Phi) is 7.07. The number of carbonyl (C=O) groups is 4. The SMILES string of the molecule is CCON=C(C(=O)NC1C(=O)NC1C(=O)OC)c1csc(NC(=O)CCl)n1. The van der Waals surface area contributed by atoms with Crippen LogP contribution in [-0.4, -0.2) is 66.1 Å². The van der Waals surface area contributed by atoms with Crippen LogP contribution in [0, 0.1) is 0 Å². The summed E-state index contributed by atoms with van der Waals surface area (Å²) < 4.78 is 4.55. The average Bonchev–Trinajstić information content (AvgIpc) is 3.11. The van der Waals surface area contributed by atoms with Gasteiger partial charge in [-0.15, -0.1) is 22.9 Å². The molecule has 3 N–H and O–H groups in total. The average molecular weight is 418 g/mol. The summed E-state index contributed by atoms with van der Waals surface area (Å²) in [4.78, 5) is 56.1. The second-order valence-electron chi connectivity index (χ2n) is 5.04. The van der Waals surface area contributed by atoms with Gasteiger partial charge in [-0.3, -0.25) is 14.4 Å². The van der Waals surface area contributed by atoms with Gasteiger partial charge in [-0.2, -0.15) is 0 Å². The summed E-state index contributed by atoms with van der Waals surface area (Å²) >= 11 is 6.47. The number of nitrogens with one attached hydrogen (secondary N) is 3. The van der Waals surface area contributed by atoms with Crippen molar-refractivity contribution in [2.24, 2.45) is 5.16 Å². The fourth-order valence-electron chi connectivity index (χ4n) is 1.99. The number of β-lactam (4-membered cyclic amide) rings is 1. The minimum absolute atomic E-state index is 0.116. The van der Waals surface area contributed by atoms with Crippen molar-refractivity contribution in [2.75, 3.05) is 24.9 Å². The molecular formula is C14H16ClN5O6S. The molecule has 0 saturated carbocycles. The first-order valence-electron chi connectivity index (χ1n) is 7.62. The smallest absolute Gasteiger partial charge is 0.331 e. The van der Waals surface area contributed by atoms with Crippen molar-refractivity contribution in [2.45, 2.75) is 19.0 Å². The largest absolute Gasteiger partial charge is 0.467 e. The summed E-state index contributed by atoms with van der Waals surface area (Å²) in [5, 5.41) is 12.6. The van der Waals surface area contributed by atoms with Gasteiger partial charge in [0.25, 0.3) is 5.91 Å². The summed E-state index contributed by atoms with van der Waals surface area (Å²) in [5.41, 5.74) is -0.104. The molecule has 3 amide bonds. The summed E-state index contributed by atoms with van der Waals surface area (Å²) in [6.45, 7) is 1.85. The Labute approximate surface area is 162 Å². The van der Waals surface area contributed by atoms with Crippen LogP contribution in [0.1, 0.15) is 12.6 Å². The molecule has 0 aromatic carbocycles. The maximum Gasteiger partial charge on any atom is 0.331 e. The topological polar surface area (TPSA) is 148 Å². The summed E-state index contributed by atoms with van der Waals surface area (Å²) in [6, 6.07) is -2.10. The summed E-state index contributed by atoms with van der Waals surface area (Å²) in [7, 11) is 1.17. The Morgan fingerprint density at radius 1 is 1.44 bits per heavy atom. The van der Waals surface area contributed by atoms with Gasteiger partial charge in [0.15, 0.2) is 16.9 Å². The first-order valence-corrected chi connectivity index (χ1v) is 9.03. The van der Waals surface area contributed by atoms with Crippen molar-refractivity contribution >= 4 is 57.5 Å². The number of methoxy groups -OCH3 is 1. The highest BCUT2D eigenvalue weighted by Gasteiger charge is 2.46. The molecule has 0 radical (unpaired) electrons. The molecule has 1 saturated heterocycles. The maximum atomic E-state index is 12.5.